The molecule has 0 bridgehead atoms. The van der Waals surface area contributed by atoms with Gasteiger partial charge < -0.3 is 5.32 Å². The Morgan fingerprint density at radius 2 is 2.27 bits per heavy atom. The minimum atomic E-state index is -0.0417. The van der Waals surface area contributed by atoms with E-state index >= 15 is 0 Å². The quantitative estimate of drug-likeness (QED) is 0.787. The Morgan fingerprint density at radius 3 is 2.93 bits per heavy atom. The summed E-state index contributed by atoms with van der Waals surface area (Å²) in [6.45, 7) is 2.10. The molecular weight excluding hydrogens is 214 g/mol. The van der Waals surface area contributed by atoms with Gasteiger partial charge in [0.1, 0.15) is 5.15 Å². The van der Waals surface area contributed by atoms with Gasteiger partial charge in [0, 0.05) is 6.42 Å². The van der Waals surface area contributed by atoms with Crippen LogP contribution in [0.3, 0.4) is 0 Å². The second kappa shape index (κ2) is 6.35. The van der Waals surface area contributed by atoms with Crippen molar-refractivity contribution < 1.29 is 4.79 Å². The van der Waals surface area contributed by atoms with Gasteiger partial charge in [-0.15, -0.1) is 0 Å². The van der Waals surface area contributed by atoms with Gasteiger partial charge in [0.05, 0.1) is 12.4 Å². The van der Waals surface area contributed by atoms with Crippen molar-refractivity contribution in [3.05, 3.63) is 17.5 Å². The highest BCUT2D eigenvalue weighted by atomic mass is 35.5. The summed E-state index contributed by atoms with van der Waals surface area (Å²) >= 11 is 5.63. The topological polar surface area (TPSA) is 54.9 Å². The first-order chi connectivity index (χ1) is 7.22. The molecular formula is C10H14ClN3O. The second-order valence-corrected chi connectivity index (χ2v) is 3.62. The summed E-state index contributed by atoms with van der Waals surface area (Å²) in [5, 5.41) is 2.92. The van der Waals surface area contributed by atoms with Crippen LogP contribution in [0.2, 0.25) is 5.15 Å². The fourth-order valence-electron chi connectivity index (χ4n) is 1.14. The van der Waals surface area contributed by atoms with E-state index in [1.807, 2.05) is 0 Å². The lowest BCUT2D eigenvalue weighted by Crippen LogP contribution is -2.12. The summed E-state index contributed by atoms with van der Waals surface area (Å²) in [7, 11) is 0. The molecule has 0 atom stereocenters. The van der Waals surface area contributed by atoms with Crippen molar-refractivity contribution in [2.45, 2.75) is 32.6 Å². The van der Waals surface area contributed by atoms with E-state index in [-0.39, 0.29) is 11.1 Å². The van der Waals surface area contributed by atoms with Crippen LogP contribution in [0, 0.1) is 0 Å². The van der Waals surface area contributed by atoms with Gasteiger partial charge in [-0.1, -0.05) is 31.4 Å². The van der Waals surface area contributed by atoms with Gasteiger partial charge in [0.2, 0.25) is 5.91 Å². The maximum absolute atomic E-state index is 11.4. The van der Waals surface area contributed by atoms with E-state index in [0.29, 0.717) is 12.2 Å². The number of amides is 1. The molecule has 0 aliphatic rings. The third-order valence-electron chi connectivity index (χ3n) is 1.88. The first kappa shape index (κ1) is 11.9. The van der Waals surface area contributed by atoms with Crippen molar-refractivity contribution in [1.82, 2.24) is 9.97 Å². The molecule has 0 saturated heterocycles. The van der Waals surface area contributed by atoms with E-state index < -0.39 is 0 Å². The number of nitrogens with one attached hydrogen (secondary N) is 1. The van der Waals surface area contributed by atoms with E-state index in [4.69, 9.17) is 11.6 Å². The van der Waals surface area contributed by atoms with Crippen LogP contribution >= 0.6 is 11.6 Å². The number of unbranched alkanes of at least 4 members (excludes halogenated alkanes) is 2. The Labute approximate surface area is 94.1 Å². The number of hydrogen-bond acceptors (Lipinski definition) is 3. The average molecular weight is 228 g/mol. The molecule has 1 amide bonds. The molecule has 0 radical (unpaired) electrons. The number of anilines is 1. The second-order valence-electron chi connectivity index (χ2n) is 3.23. The molecule has 0 aliphatic carbocycles. The van der Waals surface area contributed by atoms with Crippen LogP contribution < -0.4 is 5.32 Å². The lowest BCUT2D eigenvalue weighted by Gasteiger charge is -2.03. The minimum Gasteiger partial charge on any atom is -0.309 e. The third-order valence-corrected chi connectivity index (χ3v) is 2.06. The SMILES string of the molecule is CCCCCC(=O)Nc1cncc(Cl)n1. The van der Waals surface area contributed by atoms with Crippen LogP contribution in [0.25, 0.3) is 0 Å². The van der Waals surface area contributed by atoms with Crippen LogP contribution in [0.1, 0.15) is 32.6 Å². The Morgan fingerprint density at radius 1 is 1.47 bits per heavy atom. The molecule has 5 heteroatoms. The summed E-state index contributed by atoms with van der Waals surface area (Å²) in [6.07, 6.45) is 6.48. The van der Waals surface area contributed by atoms with Gasteiger partial charge in [-0.2, -0.15) is 0 Å². The Balaban J connectivity index is 2.37. The Kier molecular flexibility index (Phi) is 5.04. The number of carbonyl (C=O) groups is 1. The molecule has 1 aromatic heterocycles. The highest BCUT2D eigenvalue weighted by molar-refractivity contribution is 6.29. The number of carbonyl (C=O) groups excluding carboxylic acids is 1. The van der Waals surface area contributed by atoms with Gasteiger partial charge in [0.25, 0.3) is 0 Å². The van der Waals surface area contributed by atoms with E-state index in [2.05, 4.69) is 22.2 Å². The molecule has 82 valence electrons. The molecule has 0 aromatic carbocycles. The van der Waals surface area contributed by atoms with Crippen LogP contribution in [-0.4, -0.2) is 15.9 Å². The summed E-state index contributed by atoms with van der Waals surface area (Å²) < 4.78 is 0. The van der Waals surface area contributed by atoms with E-state index in [9.17, 15) is 4.79 Å². The molecule has 1 N–H and O–H groups in total. The molecule has 1 aromatic rings. The molecule has 1 rings (SSSR count). The lowest BCUT2D eigenvalue weighted by atomic mass is 10.2. The van der Waals surface area contributed by atoms with Gasteiger partial charge in [-0.3, -0.25) is 9.78 Å². The largest absolute Gasteiger partial charge is 0.309 e. The fourth-order valence-corrected chi connectivity index (χ4v) is 1.29. The van der Waals surface area contributed by atoms with E-state index in [1.54, 1.807) is 0 Å². The number of rotatable bonds is 5. The van der Waals surface area contributed by atoms with Crippen molar-refractivity contribution >= 4 is 23.3 Å². The van der Waals surface area contributed by atoms with Gasteiger partial charge >= 0.3 is 0 Å². The number of halogens is 1. The zero-order valence-corrected chi connectivity index (χ0v) is 9.42. The highest BCUT2D eigenvalue weighted by Gasteiger charge is 2.03. The minimum absolute atomic E-state index is 0.0417. The van der Waals surface area contributed by atoms with Crippen molar-refractivity contribution in [1.29, 1.82) is 0 Å². The number of nitrogens with zero attached hydrogens (tertiary/aromatic N) is 2. The smallest absolute Gasteiger partial charge is 0.225 e. The standard InChI is InChI=1S/C10H14ClN3O/c1-2-3-4-5-10(15)14-9-7-12-6-8(11)13-9/h6-7H,2-5H2,1H3,(H,13,14,15). The Hall–Kier alpha value is -1.16. The predicted octanol–water partition coefficient (Wildman–Crippen LogP) is 2.65. The molecule has 4 nitrogen and oxygen atoms in total. The molecule has 0 spiro atoms. The highest BCUT2D eigenvalue weighted by Crippen LogP contribution is 2.08. The summed E-state index contributed by atoms with van der Waals surface area (Å²) in [5.41, 5.74) is 0. The average Bonchev–Trinajstić information content (AvgIpc) is 2.18. The molecule has 15 heavy (non-hydrogen) atoms. The van der Waals surface area contributed by atoms with Crippen molar-refractivity contribution in [3.63, 3.8) is 0 Å². The van der Waals surface area contributed by atoms with Crippen LogP contribution in [0.5, 0.6) is 0 Å². The maximum atomic E-state index is 11.4. The maximum Gasteiger partial charge on any atom is 0.225 e. The van der Waals surface area contributed by atoms with Crippen molar-refractivity contribution in [3.8, 4) is 0 Å². The lowest BCUT2D eigenvalue weighted by molar-refractivity contribution is -0.116. The molecule has 0 saturated carbocycles. The molecule has 1 heterocycles. The monoisotopic (exact) mass is 227 g/mol. The fraction of sp³-hybridized carbons (Fsp3) is 0.500. The number of hydrogen-bond donors (Lipinski definition) is 1. The van der Waals surface area contributed by atoms with Gasteiger partial charge in [-0.05, 0) is 6.42 Å². The van der Waals surface area contributed by atoms with Crippen molar-refractivity contribution in [2.75, 3.05) is 5.32 Å². The van der Waals surface area contributed by atoms with E-state index in [1.165, 1.54) is 12.4 Å². The predicted molar refractivity (Wildman–Crippen MR) is 59.8 cm³/mol. The van der Waals surface area contributed by atoms with E-state index in [0.717, 1.165) is 19.3 Å². The molecule has 0 aliphatic heterocycles. The summed E-state index contributed by atoms with van der Waals surface area (Å²) in [5.74, 6) is 0.365. The molecule has 0 unspecified atom stereocenters. The summed E-state index contributed by atoms with van der Waals surface area (Å²) in [6, 6.07) is 0. The van der Waals surface area contributed by atoms with Gasteiger partial charge in [-0.25, -0.2) is 4.98 Å². The van der Waals surface area contributed by atoms with Gasteiger partial charge in [0.15, 0.2) is 5.82 Å². The first-order valence-electron chi connectivity index (χ1n) is 4.99. The zero-order valence-electron chi connectivity index (χ0n) is 8.66. The Bertz CT molecular complexity index is 330. The van der Waals surface area contributed by atoms with Crippen molar-refractivity contribution in [2.24, 2.45) is 0 Å². The van der Waals surface area contributed by atoms with Crippen LogP contribution in [0.4, 0.5) is 5.82 Å². The first-order valence-corrected chi connectivity index (χ1v) is 5.37. The normalized spacial score (nSPS) is 10.0. The number of aromatic nitrogens is 2. The summed E-state index contributed by atoms with van der Waals surface area (Å²) in [4.78, 5) is 19.1. The van der Waals surface area contributed by atoms with Crippen LogP contribution in [-0.2, 0) is 4.79 Å². The molecule has 0 fully saturated rings. The zero-order chi connectivity index (χ0) is 11.1. The van der Waals surface area contributed by atoms with Crippen LogP contribution in [0.15, 0.2) is 12.4 Å². The third kappa shape index (κ3) is 4.74.